The monoisotopic (exact) mass is 510 g/mol. The van der Waals surface area contributed by atoms with Gasteiger partial charge in [-0.15, -0.1) is 0 Å². The van der Waals surface area contributed by atoms with Crippen LogP contribution in [0.1, 0.15) is 126 Å². The maximum Gasteiger partial charge on any atom is 0.306 e. The molecular weight excluding hydrogens is 454 g/mol. The zero-order valence-electron chi connectivity index (χ0n) is 25.1. The Hall–Kier alpha value is -0.730. The third-order valence-corrected chi connectivity index (χ3v) is 9.08. The van der Waals surface area contributed by atoms with Crippen molar-refractivity contribution in [3.63, 3.8) is 0 Å². The lowest BCUT2D eigenvalue weighted by atomic mass is 9.79. The van der Waals surface area contributed by atoms with Crippen LogP contribution in [0.2, 0.25) is 0 Å². The third kappa shape index (κ3) is 8.93. The Morgan fingerprint density at radius 3 is 1.58 bits per heavy atom. The number of piperidine rings is 2. The number of esters is 1. The molecule has 2 aliphatic rings. The van der Waals surface area contributed by atoms with Crippen LogP contribution < -0.4 is 0 Å². The fourth-order valence-electron chi connectivity index (χ4n) is 6.40. The van der Waals surface area contributed by atoms with Crippen molar-refractivity contribution >= 4 is 5.97 Å². The number of carbonyl (C=O) groups excluding carboxylic acids is 1. The minimum atomic E-state index is -0.0597. The maximum absolute atomic E-state index is 12.4. The molecule has 212 valence electrons. The van der Waals surface area contributed by atoms with Crippen molar-refractivity contribution in [3.05, 3.63) is 5.21 Å². The van der Waals surface area contributed by atoms with Gasteiger partial charge in [0, 0.05) is 48.0 Å². The lowest BCUT2D eigenvalue weighted by Crippen LogP contribution is -2.60. The van der Waals surface area contributed by atoms with E-state index in [0.717, 1.165) is 69.4 Å². The topological polar surface area (TPSA) is 68.3 Å². The number of likely N-dealkylation sites (tertiary alicyclic amines) is 2. The second-order valence-electron chi connectivity index (χ2n) is 14.0. The van der Waals surface area contributed by atoms with Crippen LogP contribution >= 0.6 is 0 Å². The van der Waals surface area contributed by atoms with Crippen LogP contribution in [0.4, 0.5) is 0 Å². The predicted octanol–water partition coefficient (Wildman–Crippen LogP) is 6.29. The first-order valence-electron chi connectivity index (χ1n) is 14.3. The molecule has 0 spiro atoms. The Balaban J connectivity index is 1.54. The molecular formula is C29H56N3O4-. The lowest BCUT2D eigenvalue weighted by molar-refractivity contribution is -0.205. The first kappa shape index (κ1) is 31.5. The van der Waals surface area contributed by atoms with Crippen LogP contribution in [0.15, 0.2) is 0 Å². The van der Waals surface area contributed by atoms with Gasteiger partial charge in [-0.3, -0.25) is 19.8 Å². The molecule has 36 heavy (non-hydrogen) atoms. The molecule has 0 aromatic heterocycles. The van der Waals surface area contributed by atoms with E-state index in [4.69, 9.17) is 9.57 Å². The summed E-state index contributed by atoms with van der Waals surface area (Å²) in [4.78, 5) is 23.0. The van der Waals surface area contributed by atoms with Crippen LogP contribution in [0.5, 0.6) is 0 Å². The highest BCUT2D eigenvalue weighted by Gasteiger charge is 2.45. The quantitative estimate of drug-likeness (QED) is 0.173. The summed E-state index contributed by atoms with van der Waals surface area (Å²) in [5.41, 5.74) is 0.0787. The lowest BCUT2D eigenvalue weighted by Gasteiger charge is -2.54. The van der Waals surface area contributed by atoms with Crippen LogP contribution in [0.25, 0.3) is 0 Å². The van der Waals surface area contributed by atoms with Gasteiger partial charge in [0.25, 0.3) is 0 Å². The van der Waals surface area contributed by atoms with Gasteiger partial charge in [-0.05, 0) is 95.2 Å². The van der Waals surface area contributed by atoms with Gasteiger partial charge in [0.2, 0.25) is 0 Å². The van der Waals surface area contributed by atoms with Gasteiger partial charge in [-0.2, -0.15) is 0 Å². The molecule has 0 radical (unpaired) electrons. The second-order valence-corrected chi connectivity index (χ2v) is 14.0. The minimum Gasteiger partial charge on any atom is -0.762 e. The highest BCUT2D eigenvalue weighted by atomic mass is 16.9. The molecule has 0 N–H and O–H groups in total. The van der Waals surface area contributed by atoms with Crippen molar-refractivity contribution in [2.75, 3.05) is 20.6 Å². The van der Waals surface area contributed by atoms with Crippen molar-refractivity contribution in [2.24, 2.45) is 0 Å². The van der Waals surface area contributed by atoms with E-state index in [1.165, 1.54) is 0 Å². The van der Waals surface area contributed by atoms with E-state index >= 15 is 0 Å². The zero-order chi connectivity index (χ0) is 27.4. The Morgan fingerprint density at radius 1 is 0.722 bits per heavy atom. The van der Waals surface area contributed by atoms with Gasteiger partial charge in [0.15, 0.2) is 0 Å². The summed E-state index contributed by atoms with van der Waals surface area (Å²) in [5, 5.41) is 13.1. The Morgan fingerprint density at radius 2 is 1.11 bits per heavy atom. The average molecular weight is 511 g/mol. The van der Waals surface area contributed by atoms with Crippen molar-refractivity contribution < 1.29 is 14.4 Å². The molecule has 7 nitrogen and oxygen atoms in total. The maximum atomic E-state index is 12.4. The third-order valence-electron chi connectivity index (χ3n) is 9.08. The molecule has 7 heteroatoms. The minimum absolute atomic E-state index is 0.00243. The van der Waals surface area contributed by atoms with Gasteiger partial charge in [-0.25, -0.2) is 0 Å². The van der Waals surface area contributed by atoms with Crippen LogP contribution in [-0.2, 0) is 14.4 Å². The fourth-order valence-corrected chi connectivity index (χ4v) is 6.40. The van der Waals surface area contributed by atoms with E-state index in [9.17, 15) is 10.0 Å². The SMILES string of the molecule is CN1C(C)(C)CC(OC(=O)CCCCCCCCN([O-])OC2CC(C)(C)N(C)C(C)(C)C2)CC1(C)C. The highest BCUT2D eigenvalue weighted by Crippen LogP contribution is 2.39. The van der Waals surface area contributed by atoms with Crippen molar-refractivity contribution in [1.82, 2.24) is 15.0 Å². The highest BCUT2D eigenvalue weighted by molar-refractivity contribution is 5.69. The molecule has 0 amide bonds. The number of hydrogen-bond acceptors (Lipinski definition) is 7. The fraction of sp³-hybridized carbons (Fsp3) is 0.966. The molecule has 2 heterocycles. The number of hydroxylamine groups is 2. The summed E-state index contributed by atoms with van der Waals surface area (Å²) in [6.45, 7) is 18.2. The largest absolute Gasteiger partial charge is 0.762 e. The number of carbonyl (C=O) groups is 1. The van der Waals surface area contributed by atoms with Gasteiger partial charge in [0.05, 0.1) is 6.10 Å². The van der Waals surface area contributed by atoms with Gasteiger partial charge in [0.1, 0.15) is 6.10 Å². The summed E-state index contributed by atoms with van der Waals surface area (Å²) >= 11 is 0. The Kier molecular flexibility index (Phi) is 10.9. The number of nitrogens with zero attached hydrogens (tertiary/aromatic N) is 3. The van der Waals surface area contributed by atoms with E-state index in [1.807, 2.05) is 0 Å². The van der Waals surface area contributed by atoms with E-state index in [0.29, 0.717) is 13.0 Å². The molecule has 0 saturated carbocycles. The molecule has 0 unspecified atom stereocenters. The Labute approximate surface area is 221 Å². The van der Waals surface area contributed by atoms with Crippen LogP contribution in [0.3, 0.4) is 0 Å². The number of unbranched alkanes of at least 4 members (excludes halogenated alkanes) is 5. The van der Waals surface area contributed by atoms with Crippen LogP contribution in [0, 0.1) is 5.21 Å². The van der Waals surface area contributed by atoms with Gasteiger partial charge in [-0.1, -0.05) is 25.7 Å². The first-order chi connectivity index (χ1) is 16.5. The van der Waals surface area contributed by atoms with E-state index in [2.05, 4.69) is 79.3 Å². The molecule has 0 aromatic carbocycles. The summed E-state index contributed by atoms with van der Waals surface area (Å²) in [6, 6.07) is 0. The molecule has 2 fully saturated rings. The standard InChI is InChI=1S/C29H56N3O4/c1-26(2)19-23(20-27(3,4)30(26)9)35-25(33)17-15-13-11-12-14-16-18-32(34)36-24-21-28(5,6)31(10)29(7,8)22-24/h23-24H,11-22H2,1-10H3/q-1. The second kappa shape index (κ2) is 12.4. The molecule has 0 bridgehead atoms. The molecule has 0 atom stereocenters. The summed E-state index contributed by atoms with van der Waals surface area (Å²) in [6.07, 6.45) is 9.86. The summed E-state index contributed by atoms with van der Waals surface area (Å²) in [5.74, 6) is -0.0597. The molecule has 2 aliphatic heterocycles. The smallest absolute Gasteiger partial charge is 0.306 e. The van der Waals surface area contributed by atoms with E-state index < -0.39 is 0 Å². The summed E-state index contributed by atoms with van der Waals surface area (Å²) < 4.78 is 5.85. The average Bonchev–Trinajstić information content (AvgIpc) is 2.71. The summed E-state index contributed by atoms with van der Waals surface area (Å²) in [7, 11) is 4.32. The number of ether oxygens (including phenoxy) is 1. The number of hydrogen-bond donors (Lipinski definition) is 0. The van der Waals surface area contributed by atoms with Gasteiger partial charge < -0.3 is 14.8 Å². The molecule has 2 saturated heterocycles. The normalized spacial score (nSPS) is 24.8. The van der Waals surface area contributed by atoms with Crippen molar-refractivity contribution in [3.8, 4) is 0 Å². The van der Waals surface area contributed by atoms with Crippen molar-refractivity contribution in [2.45, 2.75) is 160 Å². The van der Waals surface area contributed by atoms with Crippen LogP contribution in [-0.4, -0.2) is 76.0 Å². The Bertz CT molecular complexity index is 671. The first-order valence-corrected chi connectivity index (χ1v) is 14.3. The van der Waals surface area contributed by atoms with Crippen molar-refractivity contribution in [1.29, 1.82) is 0 Å². The molecule has 0 aliphatic carbocycles. The van der Waals surface area contributed by atoms with E-state index in [-0.39, 0.29) is 40.3 Å². The molecule has 0 aromatic rings. The number of rotatable bonds is 12. The zero-order valence-corrected chi connectivity index (χ0v) is 25.1. The van der Waals surface area contributed by atoms with E-state index in [1.54, 1.807) is 0 Å². The predicted molar refractivity (Wildman–Crippen MR) is 147 cm³/mol. The molecule has 2 rings (SSSR count). The van der Waals surface area contributed by atoms with Gasteiger partial charge >= 0.3 is 5.97 Å².